The number of nitrogens with one attached hydrogen (secondary N) is 2. The highest BCUT2D eigenvalue weighted by Crippen LogP contribution is 2.44. The molecular formula is C27H30N2O6. The summed E-state index contributed by atoms with van der Waals surface area (Å²) in [4.78, 5) is 37.2. The molecule has 2 amide bonds. The fourth-order valence-electron chi connectivity index (χ4n) is 4.80. The van der Waals surface area contributed by atoms with Gasteiger partial charge in [0.25, 0.3) is 0 Å². The highest BCUT2D eigenvalue weighted by atomic mass is 16.5. The van der Waals surface area contributed by atoms with Crippen LogP contribution in [0.1, 0.15) is 36.3 Å². The van der Waals surface area contributed by atoms with Gasteiger partial charge in [0.05, 0.1) is 6.61 Å². The Labute approximate surface area is 204 Å². The fourth-order valence-corrected chi connectivity index (χ4v) is 4.80. The molecule has 1 aliphatic heterocycles. The Kier molecular flexibility index (Phi) is 7.51. The third-order valence-electron chi connectivity index (χ3n) is 6.73. The molecule has 2 aromatic carbocycles. The lowest BCUT2D eigenvalue weighted by Gasteiger charge is -2.33. The molecule has 1 saturated heterocycles. The lowest BCUT2D eigenvalue weighted by molar-refractivity contribution is -0.157. The Balaban J connectivity index is 1.36. The maximum Gasteiger partial charge on any atom is 0.407 e. The minimum atomic E-state index is -1.17. The first-order valence-electron chi connectivity index (χ1n) is 11.8. The van der Waals surface area contributed by atoms with E-state index in [2.05, 4.69) is 29.3 Å². The van der Waals surface area contributed by atoms with E-state index in [1.165, 1.54) is 6.08 Å². The molecule has 2 unspecified atom stereocenters. The van der Waals surface area contributed by atoms with E-state index in [4.69, 9.17) is 9.47 Å². The molecule has 2 aliphatic rings. The summed E-state index contributed by atoms with van der Waals surface area (Å²) in [6.07, 6.45) is 1.99. The summed E-state index contributed by atoms with van der Waals surface area (Å²) in [5.41, 5.74) is 3.27. The van der Waals surface area contributed by atoms with Gasteiger partial charge in [-0.3, -0.25) is 9.59 Å². The zero-order chi connectivity index (χ0) is 24.8. The smallest absolute Gasteiger partial charge is 0.407 e. The number of amides is 2. The van der Waals surface area contributed by atoms with Crippen LogP contribution in [0.5, 0.6) is 0 Å². The van der Waals surface area contributed by atoms with E-state index < -0.39 is 29.4 Å². The van der Waals surface area contributed by atoms with Crippen molar-refractivity contribution in [3.63, 3.8) is 0 Å². The van der Waals surface area contributed by atoms with Crippen molar-refractivity contribution in [2.45, 2.75) is 31.2 Å². The van der Waals surface area contributed by atoms with Crippen molar-refractivity contribution in [3.8, 4) is 11.1 Å². The molecule has 1 fully saturated rings. The van der Waals surface area contributed by atoms with Crippen LogP contribution in [-0.4, -0.2) is 55.5 Å². The molecular weight excluding hydrogens is 448 g/mol. The number of carboxylic acid groups (broad SMARTS) is 1. The van der Waals surface area contributed by atoms with Gasteiger partial charge in [-0.1, -0.05) is 54.6 Å². The second-order valence-corrected chi connectivity index (χ2v) is 9.01. The highest BCUT2D eigenvalue weighted by Gasteiger charge is 2.41. The number of carbonyl (C=O) groups excluding carboxylic acids is 2. The maximum absolute atomic E-state index is 12.8. The van der Waals surface area contributed by atoms with Crippen LogP contribution in [0.3, 0.4) is 0 Å². The van der Waals surface area contributed by atoms with E-state index in [-0.39, 0.29) is 32.1 Å². The van der Waals surface area contributed by atoms with Gasteiger partial charge in [-0.15, -0.1) is 6.58 Å². The van der Waals surface area contributed by atoms with Crippen LogP contribution < -0.4 is 10.6 Å². The molecule has 4 rings (SSSR count). The third kappa shape index (κ3) is 5.22. The van der Waals surface area contributed by atoms with Gasteiger partial charge in [0.15, 0.2) is 0 Å². The molecule has 184 valence electrons. The Bertz CT molecular complexity index is 1060. The summed E-state index contributed by atoms with van der Waals surface area (Å²) in [7, 11) is 0. The number of carboxylic acids is 1. The summed E-state index contributed by atoms with van der Waals surface area (Å²) in [5, 5.41) is 14.9. The minimum Gasteiger partial charge on any atom is -0.481 e. The molecule has 0 aromatic heterocycles. The van der Waals surface area contributed by atoms with Gasteiger partial charge in [0, 0.05) is 19.1 Å². The van der Waals surface area contributed by atoms with Crippen molar-refractivity contribution in [2.24, 2.45) is 5.41 Å². The Morgan fingerprint density at radius 3 is 2.37 bits per heavy atom. The van der Waals surface area contributed by atoms with Gasteiger partial charge >= 0.3 is 12.1 Å². The number of alkyl carbamates (subject to hydrolysis) is 1. The van der Waals surface area contributed by atoms with Crippen molar-refractivity contribution in [2.75, 3.05) is 26.4 Å². The number of benzene rings is 2. The molecule has 1 heterocycles. The van der Waals surface area contributed by atoms with Crippen molar-refractivity contribution in [1.82, 2.24) is 10.6 Å². The summed E-state index contributed by atoms with van der Waals surface area (Å²) < 4.78 is 10.9. The summed E-state index contributed by atoms with van der Waals surface area (Å²) in [6.45, 7) is 4.24. The Morgan fingerprint density at radius 2 is 1.80 bits per heavy atom. The zero-order valence-electron chi connectivity index (χ0n) is 19.5. The monoisotopic (exact) mass is 478 g/mol. The van der Waals surface area contributed by atoms with Gasteiger partial charge in [0.2, 0.25) is 5.91 Å². The first kappa shape index (κ1) is 24.5. The molecule has 8 heteroatoms. The normalized spacial score (nSPS) is 19.7. The van der Waals surface area contributed by atoms with Crippen LogP contribution >= 0.6 is 0 Å². The molecule has 0 bridgehead atoms. The lowest BCUT2D eigenvalue weighted by atomic mass is 9.82. The van der Waals surface area contributed by atoms with Gasteiger partial charge in [-0.05, 0) is 41.5 Å². The number of aliphatic carboxylic acids is 1. The number of fused-ring (bicyclic) bond motifs is 3. The van der Waals surface area contributed by atoms with Crippen LogP contribution in [-0.2, 0) is 19.1 Å². The van der Waals surface area contributed by atoms with E-state index in [1.807, 2.05) is 36.4 Å². The van der Waals surface area contributed by atoms with Crippen molar-refractivity contribution >= 4 is 18.0 Å². The van der Waals surface area contributed by atoms with Crippen LogP contribution in [0.25, 0.3) is 11.1 Å². The number of hydrogen-bond donors (Lipinski definition) is 3. The Hall–Kier alpha value is -3.65. The quantitative estimate of drug-likeness (QED) is 0.476. The van der Waals surface area contributed by atoms with Crippen molar-refractivity contribution in [3.05, 3.63) is 72.3 Å². The number of rotatable bonds is 9. The number of hydrogen-bond acceptors (Lipinski definition) is 5. The highest BCUT2D eigenvalue weighted by molar-refractivity contribution is 5.86. The minimum absolute atomic E-state index is 0.0363. The average molecular weight is 479 g/mol. The first-order chi connectivity index (χ1) is 16.9. The molecule has 8 nitrogen and oxygen atoms in total. The summed E-state index contributed by atoms with van der Waals surface area (Å²) in [6, 6.07) is 15.1. The maximum atomic E-state index is 12.8. The largest absolute Gasteiger partial charge is 0.481 e. The molecule has 0 radical (unpaired) electrons. The Morgan fingerprint density at radius 1 is 1.14 bits per heavy atom. The fraction of sp³-hybridized carbons (Fsp3) is 0.370. The van der Waals surface area contributed by atoms with E-state index >= 15 is 0 Å². The first-order valence-corrected chi connectivity index (χ1v) is 11.8. The molecule has 2 aromatic rings. The molecule has 0 spiro atoms. The SMILES string of the molecule is C=CCC(NC(=O)OCC1c2ccccc2-c2ccccc21)C(=O)NCC1(C(=O)O)CCCOC1. The zero-order valence-corrected chi connectivity index (χ0v) is 19.5. The van der Waals surface area contributed by atoms with E-state index in [0.717, 1.165) is 22.3 Å². The lowest BCUT2D eigenvalue weighted by Crippen LogP contribution is -2.53. The molecule has 35 heavy (non-hydrogen) atoms. The predicted octanol–water partition coefficient (Wildman–Crippen LogP) is 3.47. The van der Waals surface area contributed by atoms with Gasteiger partial charge in [-0.2, -0.15) is 0 Å². The van der Waals surface area contributed by atoms with Crippen LogP contribution in [0, 0.1) is 5.41 Å². The standard InChI is InChI=1S/C27H30N2O6/c1-2-8-23(24(30)28-16-27(25(31)32)13-7-14-34-17-27)29-26(33)35-15-22-20-11-5-3-9-18(20)19-10-4-6-12-21(19)22/h2-6,9-12,22-23H,1,7-8,13-17H2,(H,28,30)(H,29,33)(H,31,32). The van der Waals surface area contributed by atoms with E-state index in [9.17, 15) is 19.5 Å². The number of ether oxygens (including phenoxy) is 2. The van der Waals surface area contributed by atoms with Crippen LogP contribution in [0.4, 0.5) is 4.79 Å². The van der Waals surface area contributed by atoms with E-state index in [1.54, 1.807) is 0 Å². The van der Waals surface area contributed by atoms with Gasteiger partial charge in [-0.25, -0.2) is 4.79 Å². The van der Waals surface area contributed by atoms with Gasteiger partial charge in [0.1, 0.15) is 18.1 Å². The van der Waals surface area contributed by atoms with Crippen molar-refractivity contribution < 1.29 is 29.0 Å². The van der Waals surface area contributed by atoms with Crippen LogP contribution in [0.2, 0.25) is 0 Å². The third-order valence-corrected chi connectivity index (χ3v) is 6.73. The topological polar surface area (TPSA) is 114 Å². The second kappa shape index (κ2) is 10.7. The summed E-state index contributed by atoms with van der Waals surface area (Å²) in [5.74, 6) is -1.60. The van der Waals surface area contributed by atoms with Crippen LogP contribution in [0.15, 0.2) is 61.2 Å². The molecule has 0 saturated carbocycles. The predicted molar refractivity (Wildman–Crippen MR) is 130 cm³/mol. The number of carbonyl (C=O) groups is 3. The van der Waals surface area contributed by atoms with E-state index in [0.29, 0.717) is 19.4 Å². The van der Waals surface area contributed by atoms with Gasteiger partial charge < -0.3 is 25.2 Å². The molecule has 2 atom stereocenters. The summed E-state index contributed by atoms with van der Waals surface area (Å²) >= 11 is 0. The second-order valence-electron chi connectivity index (χ2n) is 9.01. The average Bonchev–Trinajstić information content (AvgIpc) is 3.20. The molecule has 3 N–H and O–H groups in total. The molecule has 1 aliphatic carbocycles. The van der Waals surface area contributed by atoms with Crippen molar-refractivity contribution in [1.29, 1.82) is 0 Å².